The lowest BCUT2D eigenvalue weighted by atomic mass is 10.0. The Labute approximate surface area is 165 Å². The molecular weight excluding hydrogens is 392 g/mol. The summed E-state index contributed by atoms with van der Waals surface area (Å²) in [5.41, 5.74) is 1.43. The molecule has 2 aromatic rings. The van der Waals surface area contributed by atoms with Crippen molar-refractivity contribution in [3.05, 3.63) is 80.7 Å². The fraction of sp³-hybridized carbons (Fsp3) is 0.100. The molecule has 0 fully saturated rings. The smallest absolute Gasteiger partial charge is 0.340 e. The first-order chi connectivity index (χ1) is 12.8. The fourth-order valence-corrected chi connectivity index (χ4v) is 3.44. The van der Waals surface area contributed by atoms with Crippen molar-refractivity contribution in [1.29, 1.82) is 0 Å². The summed E-state index contributed by atoms with van der Waals surface area (Å²) in [7, 11) is 1.23. The molecule has 0 saturated heterocycles. The maximum Gasteiger partial charge on any atom is 0.340 e. The Hall–Kier alpha value is -2.63. The van der Waals surface area contributed by atoms with E-state index >= 15 is 0 Å². The van der Waals surface area contributed by atoms with Crippen LogP contribution in [0.2, 0.25) is 10.0 Å². The van der Waals surface area contributed by atoms with Crippen LogP contribution in [-0.4, -0.2) is 19.0 Å². The number of nitrogens with zero attached hydrogens (tertiary/aromatic N) is 1. The molecule has 0 aromatic heterocycles. The summed E-state index contributed by atoms with van der Waals surface area (Å²) in [6.45, 7) is 1.62. The Balaban J connectivity index is 2.17. The third-order valence-corrected chi connectivity index (χ3v) is 4.49. The van der Waals surface area contributed by atoms with Gasteiger partial charge in [-0.1, -0.05) is 35.3 Å². The zero-order valence-electron chi connectivity index (χ0n) is 14.4. The van der Waals surface area contributed by atoms with Crippen LogP contribution in [0.5, 0.6) is 0 Å². The number of methoxy groups -OCH3 is 1. The molecule has 0 N–H and O–H groups in total. The van der Waals surface area contributed by atoms with E-state index in [2.05, 4.69) is 0 Å². The highest BCUT2D eigenvalue weighted by molar-refractivity contribution is 6.35. The van der Waals surface area contributed by atoms with Crippen LogP contribution >= 0.6 is 23.2 Å². The van der Waals surface area contributed by atoms with Gasteiger partial charge in [0, 0.05) is 15.7 Å². The number of hydrogen-bond acceptors (Lipinski definition) is 3. The van der Waals surface area contributed by atoms with Gasteiger partial charge in [0.15, 0.2) is 0 Å². The van der Waals surface area contributed by atoms with Crippen molar-refractivity contribution in [2.24, 2.45) is 0 Å². The summed E-state index contributed by atoms with van der Waals surface area (Å²) in [4.78, 5) is 26.7. The van der Waals surface area contributed by atoms with Gasteiger partial charge in [-0.25, -0.2) is 9.18 Å². The number of halogens is 3. The van der Waals surface area contributed by atoms with E-state index in [1.807, 2.05) is 0 Å². The maximum absolute atomic E-state index is 13.5. The zero-order valence-corrected chi connectivity index (χ0v) is 15.9. The van der Waals surface area contributed by atoms with Gasteiger partial charge in [-0.05, 0) is 48.9 Å². The normalized spacial score (nSPS) is 15.7. The minimum absolute atomic E-state index is 0.0982. The first-order valence-electron chi connectivity index (χ1n) is 7.89. The van der Waals surface area contributed by atoms with Crippen molar-refractivity contribution in [2.45, 2.75) is 6.92 Å². The summed E-state index contributed by atoms with van der Waals surface area (Å²) in [5, 5.41) is 0.695. The quantitative estimate of drug-likeness (QED) is 0.532. The van der Waals surface area contributed by atoms with Crippen molar-refractivity contribution in [3.8, 4) is 0 Å². The van der Waals surface area contributed by atoms with Crippen LogP contribution in [0.1, 0.15) is 12.5 Å². The Morgan fingerprint density at radius 3 is 2.41 bits per heavy atom. The van der Waals surface area contributed by atoms with Crippen LogP contribution in [0, 0.1) is 5.82 Å². The molecule has 0 bridgehead atoms. The molecule has 0 spiro atoms. The highest BCUT2D eigenvalue weighted by Crippen LogP contribution is 2.37. The van der Waals surface area contributed by atoms with E-state index in [0.29, 0.717) is 27.0 Å². The van der Waals surface area contributed by atoms with E-state index < -0.39 is 17.7 Å². The van der Waals surface area contributed by atoms with E-state index in [1.54, 1.807) is 25.1 Å². The standard InChI is InChI=1S/C20H14Cl2FNO3/c1-11-18(20(26)27-2)17(7-12-4-3-5-15(23)6-12)19(25)24(11)16-9-13(21)8-14(22)10-16/h3-10H,1-2H3/b17-7-. The Morgan fingerprint density at radius 1 is 1.15 bits per heavy atom. The largest absolute Gasteiger partial charge is 0.465 e. The highest BCUT2D eigenvalue weighted by Gasteiger charge is 2.38. The molecule has 1 amide bonds. The molecular formula is C20H14Cl2FNO3. The van der Waals surface area contributed by atoms with E-state index in [-0.39, 0.29) is 11.1 Å². The predicted octanol–water partition coefficient (Wildman–Crippen LogP) is 5.01. The molecule has 2 aromatic carbocycles. The van der Waals surface area contributed by atoms with E-state index in [1.165, 1.54) is 42.4 Å². The molecule has 1 aliphatic heterocycles. The number of ether oxygens (including phenoxy) is 1. The van der Waals surface area contributed by atoms with Crippen molar-refractivity contribution >= 4 is 46.8 Å². The Morgan fingerprint density at radius 2 is 1.81 bits per heavy atom. The number of rotatable bonds is 3. The second-order valence-electron chi connectivity index (χ2n) is 5.83. The van der Waals surface area contributed by atoms with Gasteiger partial charge in [0.1, 0.15) is 5.82 Å². The number of hydrogen-bond donors (Lipinski definition) is 0. The second-order valence-corrected chi connectivity index (χ2v) is 6.71. The monoisotopic (exact) mass is 405 g/mol. The van der Waals surface area contributed by atoms with E-state index in [9.17, 15) is 14.0 Å². The summed E-state index contributed by atoms with van der Waals surface area (Å²) in [5.74, 6) is -1.58. The number of benzene rings is 2. The predicted molar refractivity (Wildman–Crippen MR) is 103 cm³/mol. The molecule has 4 nitrogen and oxygen atoms in total. The number of carbonyl (C=O) groups is 2. The average Bonchev–Trinajstić information content (AvgIpc) is 2.83. The van der Waals surface area contributed by atoms with Gasteiger partial charge in [-0.2, -0.15) is 0 Å². The maximum atomic E-state index is 13.5. The number of amides is 1. The molecule has 0 saturated carbocycles. The van der Waals surface area contributed by atoms with Crippen molar-refractivity contribution < 1.29 is 18.7 Å². The topological polar surface area (TPSA) is 46.6 Å². The van der Waals surface area contributed by atoms with E-state index in [4.69, 9.17) is 27.9 Å². The lowest BCUT2D eigenvalue weighted by Crippen LogP contribution is -2.24. The van der Waals surface area contributed by atoms with Gasteiger partial charge >= 0.3 is 5.97 Å². The molecule has 3 rings (SSSR count). The lowest BCUT2D eigenvalue weighted by molar-refractivity contribution is -0.136. The molecule has 7 heteroatoms. The van der Waals surface area contributed by atoms with Crippen LogP contribution in [0.15, 0.2) is 59.3 Å². The minimum atomic E-state index is -0.667. The Kier molecular flexibility index (Phi) is 5.35. The van der Waals surface area contributed by atoms with Crippen molar-refractivity contribution in [3.63, 3.8) is 0 Å². The fourth-order valence-electron chi connectivity index (χ4n) is 2.92. The summed E-state index contributed by atoms with van der Waals surface area (Å²) in [6.07, 6.45) is 1.45. The van der Waals surface area contributed by atoms with Gasteiger partial charge in [-0.15, -0.1) is 0 Å². The molecule has 1 aliphatic rings. The van der Waals surface area contributed by atoms with Crippen LogP contribution in [0.4, 0.5) is 10.1 Å². The van der Waals surface area contributed by atoms with Gasteiger partial charge in [0.25, 0.3) is 5.91 Å². The molecule has 0 unspecified atom stereocenters. The SMILES string of the molecule is COC(=O)C1=C(C)N(c2cc(Cl)cc(Cl)c2)C(=O)/C1=C\c1cccc(F)c1. The molecule has 0 atom stereocenters. The van der Waals surface area contributed by atoms with Gasteiger partial charge in [0.05, 0.1) is 23.9 Å². The zero-order chi connectivity index (χ0) is 19.7. The van der Waals surface area contributed by atoms with Crippen LogP contribution < -0.4 is 4.90 Å². The molecule has 27 heavy (non-hydrogen) atoms. The van der Waals surface area contributed by atoms with Crippen LogP contribution in [-0.2, 0) is 14.3 Å². The summed E-state index contributed by atoms with van der Waals surface area (Å²) in [6, 6.07) is 10.4. The van der Waals surface area contributed by atoms with Gasteiger partial charge in [-0.3, -0.25) is 9.69 Å². The van der Waals surface area contributed by atoms with Crippen LogP contribution in [0.3, 0.4) is 0 Å². The number of esters is 1. The molecule has 138 valence electrons. The number of anilines is 1. The number of allylic oxidation sites excluding steroid dienone is 1. The molecule has 0 aliphatic carbocycles. The highest BCUT2D eigenvalue weighted by atomic mass is 35.5. The van der Waals surface area contributed by atoms with Crippen LogP contribution in [0.25, 0.3) is 6.08 Å². The summed E-state index contributed by atoms with van der Waals surface area (Å²) < 4.78 is 18.3. The molecule has 0 radical (unpaired) electrons. The third-order valence-electron chi connectivity index (χ3n) is 4.05. The molecule has 1 heterocycles. The van der Waals surface area contributed by atoms with Gasteiger partial charge in [0.2, 0.25) is 0 Å². The third kappa shape index (κ3) is 3.75. The first kappa shape index (κ1) is 19.1. The van der Waals surface area contributed by atoms with E-state index in [0.717, 1.165) is 0 Å². The average molecular weight is 406 g/mol. The summed E-state index contributed by atoms with van der Waals surface area (Å²) >= 11 is 12.1. The number of carbonyl (C=O) groups excluding carboxylic acids is 2. The minimum Gasteiger partial charge on any atom is -0.465 e. The Bertz CT molecular complexity index is 994. The lowest BCUT2D eigenvalue weighted by Gasteiger charge is -2.18. The van der Waals surface area contributed by atoms with Crippen molar-refractivity contribution in [2.75, 3.05) is 12.0 Å². The first-order valence-corrected chi connectivity index (χ1v) is 8.65. The van der Waals surface area contributed by atoms with Gasteiger partial charge < -0.3 is 4.74 Å². The second kappa shape index (κ2) is 7.55. The van der Waals surface area contributed by atoms with Crippen molar-refractivity contribution in [1.82, 2.24) is 0 Å².